The fourth-order valence-electron chi connectivity index (χ4n) is 2.60. The lowest BCUT2D eigenvalue weighted by Crippen LogP contribution is -2.23. The lowest BCUT2D eigenvalue weighted by molar-refractivity contribution is 0.0949. The molecular weight excluding hydrogens is 360 g/mol. The third-order valence-electron chi connectivity index (χ3n) is 4.20. The van der Waals surface area contributed by atoms with Crippen molar-refractivity contribution in [2.45, 2.75) is 45.7 Å². The summed E-state index contributed by atoms with van der Waals surface area (Å²) in [6, 6.07) is 3.45. The highest BCUT2D eigenvalue weighted by atomic mass is 16.5. The van der Waals surface area contributed by atoms with E-state index in [0.717, 1.165) is 12.2 Å². The lowest BCUT2D eigenvalue weighted by Gasteiger charge is -2.16. The predicted molar refractivity (Wildman–Crippen MR) is 101 cm³/mol. The van der Waals surface area contributed by atoms with Gasteiger partial charge in [-0.25, -0.2) is 9.97 Å². The van der Waals surface area contributed by atoms with Gasteiger partial charge in [-0.15, -0.1) is 0 Å². The maximum atomic E-state index is 12.3. The Balaban J connectivity index is 1.58. The summed E-state index contributed by atoms with van der Waals surface area (Å²) in [6.45, 7) is 6.17. The van der Waals surface area contributed by atoms with Crippen molar-refractivity contribution in [3.63, 3.8) is 0 Å². The fourth-order valence-corrected chi connectivity index (χ4v) is 2.60. The Morgan fingerprint density at radius 1 is 1.29 bits per heavy atom. The van der Waals surface area contributed by atoms with E-state index in [9.17, 15) is 4.79 Å². The average Bonchev–Trinajstić information content (AvgIpc) is 3.34. The Morgan fingerprint density at radius 2 is 2.11 bits per heavy atom. The van der Waals surface area contributed by atoms with Crippen LogP contribution in [0.15, 0.2) is 29.2 Å². The van der Waals surface area contributed by atoms with Gasteiger partial charge in [-0.3, -0.25) is 9.48 Å². The van der Waals surface area contributed by atoms with Crippen molar-refractivity contribution in [2.24, 2.45) is 7.05 Å². The van der Waals surface area contributed by atoms with Crippen molar-refractivity contribution in [2.75, 3.05) is 5.32 Å². The van der Waals surface area contributed by atoms with Crippen LogP contribution in [-0.2, 0) is 13.6 Å². The molecule has 0 radical (unpaired) electrons. The second kappa shape index (κ2) is 8.59. The number of rotatable bonds is 8. The number of aryl methyl sites for hydroxylation is 1. The molecule has 0 spiro atoms. The second-order valence-electron chi connectivity index (χ2n) is 6.67. The molecule has 0 bridgehead atoms. The van der Waals surface area contributed by atoms with Gasteiger partial charge in [-0.2, -0.15) is 10.1 Å². The van der Waals surface area contributed by atoms with E-state index in [1.54, 1.807) is 16.8 Å². The van der Waals surface area contributed by atoms with E-state index in [4.69, 9.17) is 4.52 Å². The van der Waals surface area contributed by atoms with Gasteiger partial charge in [0, 0.05) is 19.2 Å². The predicted octanol–water partition coefficient (Wildman–Crippen LogP) is 2.21. The first kappa shape index (κ1) is 19.5. The molecule has 0 aliphatic carbocycles. The van der Waals surface area contributed by atoms with Gasteiger partial charge < -0.3 is 15.2 Å². The molecule has 2 N–H and O–H groups in total. The van der Waals surface area contributed by atoms with E-state index in [-0.39, 0.29) is 24.4 Å². The summed E-state index contributed by atoms with van der Waals surface area (Å²) in [7, 11) is 1.85. The molecule has 0 aromatic carbocycles. The van der Waals surface area contributed by atoms with Crippen LogP contribution in [0.1, 0.15) is 67.0 Å². The molecular formula is C18H24N8O2. The summed E-state index contributed by atoms with van der Waals surface area (Å²) >= 11 is 0. The number of nitrogens with one attached hydrogen (secondary N) is 2. The molecule has 0 fully saturated rings. The molecule has 0 saturated heterocycles. The van der Waals surface area contributed by atoms with Gasteiger partial charge in [0.15, 0.2) is 5.82 Å². The normalized spacial score (nSPS) is 12.2. The lowest BCUT2D eigenvalue weighted by atomic mass is 10.2. The Labute approximate surface area is 162 Å². The topological polar surface area (TPSA) is 124 Å². The highest BCUT2D eigenvalue weighted by Gasteiger charge is 2.16. The fraction of sp³-hybridized carbons (Fsp3) is 0.444. The van der Waals surface area contributed by atoms with E-state index in [1.807, 2.05) is 20.9 Å². The van der Waals surface area contributed by atoms with Gasteiger partial charge in [0.05, 0.1) is 18.2 Å². The summed E-state index contributed by atoms with van der Waals surface area (Å²) in [5.41, 5.74) is 0.449. The Bertz CT molecular complexity index is 916. The van der Waals surface area contributed by atoms with Crippen molar-refractivity contribution >= 4 is 11.7 Å². The number of hydrogen-bond donors (Lipinski definition) is 2. The van der Waals surface area contributed by atoms with Gasteiger partial charge in [-0.1, -0.05) is 25.9 Å². The molecule has 148 valence electrons. The second-order valence-corrected chi connectivity index (χ2v) is 6.67. The minimum Gasteiger partial charge on any atom is -0.360 e. The monoisotopic (exact) mass is 384 g/mol. The highest BCUT2D eigenvalue weighted by Crippen LogP contribution is 2.19. The van der Waals surface area contributed by atoms with Crippen LogP contribution in [0.5, 0.6) is 0 Å². The molecule has 3 heterocycles. The van der Waals surface area contributed by atoms with Gasteiger partial charge in [-0.05, 0) is 18.6 Å². The number of anilines is 1. The van der Waals surface area contributed by atoms with Crippen LogP contribution >= 0.6 is 0 Å². The minimum absolute atomic E-state index is 0.0203. The molecule has 1 amide bonds. The third kappa shape index (κ3) is 4.51. The maximum Gasteiger partial charge on any atom is 0.253 e. The molecule has 3 rings (SSSR count). The van der Waals surface area contributed by atoms with Crippen molar-refractivity contribution < 1.29 is 9.32 Å². The molecule has 0 saturated carbocycles. The van der Waals surface area contributed by atoms with Crippen LogP contribution < -0.4 is 10.6 Å². The summed E-state index contributed by atoms with van der Waals surface area (Å²) in [5.74, 6) is 2.37. The zero-order valence-corrected chi connectivity index (χ0v) is 16.4. The quantitative estimate of drug-likeness (QED) is 0.606. The number of pyridine rings is 1. The number of carbonyl (C=O) groups excluding carboxylic acids is 1. The van der Waals surface area contributed by atoms with Crippen molar-refractivity contribution in [1.82, 2.24) is 35.2 Å². The number of amides is 1. The van der Waals surface area contributed by atoms with Crippen LogP contribution in [-0.4, -0.2) is 35.8 Å². The summed E-state index contributed by atoms with van der Waals surface area (Å²) < 4.78 is 6.85. The average molecular weight is 384 g/mol. The smallest absolute Gasteiger partial charge is 0.253 e. The van der Waals surface area contributed by atoms with E-state index in [1.165, 1.54) is 12.5 Å². The Morgan fingerprint density at radius 3 is 2.68 bits per heavy atom. The SMILES string of the molecule is CCC(Nc1ccc(C(=O)NCc2noc(C(C)C)n2)cn1)c1ncnn1C. The van der Waals surface area contributed by atoms with Crippen LogP contribution in [0, 0.1) is 0 Å². The standard InChI is InChI=1S/C18H24N8O2/c1-5-13(16-21-10-22-26(16)4)23-14-7-6-12(8-19-14)17(27)20-9-15-24-18(11(2)3)28-25-15/h6-8,10-11,13H,5,9H2,1-4H3,(H,19,23)(H,20,27). The first-order valence-corrected chi connectivity index (χ1v) is 9.15. The van der Waals surface area contributed by atoms with Gasteiger partial charge in [0.25, 0.3) is 5.91 Å². The minimum atomic E-state index is -0.254. The van der Waals surface area contributed by atoms with Crippen molar-refractivity contribution in [3.05, 3.63) is 47.8 Å². The van der Waals surface area contributed by atoms with Crippen molar-refractivity contribution in [1.29, 1.82) is 0 Å². The largest absolute Gasteiger partial charge is 0.360 e. The molecule has 28 heavy (non-hydrogen) atoms. The number of hydrogen-bond acceptors (Lipinski definition) is 8. The first-order chi connectivity index (χ1) is 13.5. The van der Waals surface area contributed by atoms with E-state index >= 15 is 0 Å². The molecule has 1 atom stereocenters. The van der Waals surface area contributed by atoms with Gasteiger partial charge in [0.2, 0.25) is 5.89 Å². The highest BCUT2D eigenvalue weighted by molar-refractivity contribution is 5.93. The van der Waals surface area contributed by atoms with Crippen LogP contribution in [0.4, 0.5) is 5.82 Å². The zero-order valence-electron chi connectivity index (χ0n) is 16.4. The van der Waals surface area contributed by atoms with E-state index in [0.29, 0.717) is 23.1 Å². The third-order valence-corrected chi connectivity index (χ3v) is 4.20. The zero-order chi connectivity index (χ0) is 20.1. The first-order valence-electron chi connectivity index (χ1n) is 9.15. The van der Waals surface area contributed by atoms with Gasteiger partial charge >= 0.3 is 0 Å². The van der Waals surface area contributed by atoms with Crippen LogP contribution in [0.2, 0.25) is 0 Å². The van der Waals surface area contributed by atoms with Gasteiger partial charge in [0.1, 0.15) is 18.0 Å². The molecule has 3 aromatic rings. The molecule has 1 unspecified atom stereocenters. The molecule has 0 aliphatic heterocycles. The molecule has 3 aromatic heterocycles. The van der Waals surface area contributed by atoms with Crippen molar-refractivity contribution in [3.8, 4) is 0 Å². The summed E-state index contributed by atoms with van der Waals surface area (Å²) in [5, 5.41) is 14.0. The van der Waals surface area contributed by atoms with E-state index in [2.05, 4.69) is 42.8 Å². The Hall–Kier alpha value is -3.30. The van der Waals surface area contributed by atoms with Crippen LogP contribution in [0.3, 0.4) is 0 Å². The molecule has 10 nitrogen and oxygen atoms in total. The summed E-state index contributed by atoms with van der Waals surface area (Å²) in [4.78, 5) is 25.1. The summed E-state index contributed by atoms with van der Waals surface area (Å²) in [6.07, 6.45) is 3.87. The molecule has 10 heteroatoms. The van der Waals surface area contributed by atoms with E-state index < -0.39 is 0 Å². The number of nitrogens with zero attached hydrogens (tertiary/aromatic N) is 6. The Kier molecular flexibility index (Phi) is 5.97. The van der Waals surface area contributed by atoms with Crippen LogP contribution in [0.25, 0.3) is 0 Å². The maximum absolute atomic E-state index is 12.3. The molecule has 0 aliphatic rings. The number of carbonyl (C=O) groups is 1. The number of aromatic nitrogens is 6.